The highest BCUT2D eigenvalue weighted by Gasteiger charge is 2.17. The first kappa shape index (κ1) is 11.9. The van der Waals surface area contributed by atoms with Gasteiger partial charge in [0, 0.05) is 18.7 Å². The summed E-state index contributed by atoms with van der Waals surface area (Å²) in [7, 11) is 0. The number of nitrogen functional groups attached to an aromatic ring is 1. The number of rotatable bonds is 1. The number of nitrogens with two attached hydrogens (primary N) is 1. The van der Waals surface area contributed by atoms with Gasteiger partial charge >= 0.3 is 0 Å². The molecule has 1 aliphatic rings. The molecule has 0 radical (unpaired) electrons. The van der Waals surface area contributed by atoms with Crippen molar-refractivity contribution in [2.45, 2.75) is 25.7 Å². The molecular weight excluding hydrogens is 219 g/mol. The quantitative estimate of drug-likeness (QED) is 0.761. The van der Waals surface area contributed by atoms with Crippen LogP contribution in [0.25, 0.3) is 0 Å². The smallest absolute Gasteiger partial charge is 0.253 e. The second kappa shape index (κ2) is 5.17. The zero-order valence-corrected chi connectivity index (χ0v) is 9.79. The van der Waals surface area contributed by atoms with Crippen LogP contribution in [0.15, 0.2) is 18.2 Å². The number of hydrogen-bond acceptors (Lipinski definition) is 2. The Kier molecular flexibility index (Phi) is 3.61. The fraction of sp³-hybridized carbons (Fsp3) is 0.462. The van der Waals surface area contributed by atoms with Crippen molar-refractivity contribution in [2.24, 2.45) is 0 Å². The fourth-order valence-electron chi connectivity index (χ4n) is 2.13. The second-order valence-electron chi connectivity index (χ2n) is 4.44. The summed E-state index contributed by atoms with van der Waals surface area (Å²) in [6.07, 6.45) is 4.44. The SMILES string of the molecule is Nc1cc(C(=O)N2CCCCCC2)ccc1F. The number of halogens is 1. The van der Waals surface area contributed by atoms with Crippen molar-refractivity contribution < 1.29 is 9.18 Å². The summed E-state index contributed by atoms with van der Waals surface area (Å²) in [5, 5.41) is 0. The standard InChI is InChI=1S/C13H17FN2O/c14-11-6-5-10(9-12(11)15)13(17)16-7-3-1-2-4-8-16/h5-6,9H,1-4,7-8,15H2. The van der Waals surface area contributed by atoms with E-state index >= 15 is 0 Å². The monoisotopic (exact) mass is 236 g/mol. The van der Waals surface area contributed by atoms with Crippen LogP contribution in [-0.2, 0) is 0 Å². The van der Waals surface area contributed by atoms with Gasteiger partial charge in [-0.3, -0.25) is 4.79 Å². The maximum absolute atomic E-state index is 13.0. The van der Waals surface area contributed by atoms with Crippen LogP contribution in [0.2, 0.25) is 0 Å². The molecule has 1 saturated heterocycles. The number of likely N-dealkylation sites (tertiary alicyclic amines) is 1. The average Bonchev–Trinajstić information content (AvgIpc) is 2.60. The maximum atomic E-state index is 13.0. The molecule has 0 unspecified atom stereocenters. The Hall–Kier alpha value is -1.58. The van der Waals surface area contributed by atoms with Gasteiger partial charge in [-0.15, -0.1) is 0 Å². The molecule has 0 aliphatic carbocycles. The highest BCUT2D eigenvalue weighted by molar-refractivity contribution is 5.95. The van der Waals surface area contributed by atoms with Crippen LogP contribution >= 0.6 is 0 Å². The lowest BCUT2D eigenvalue weighted by molar-refractivity contribution is 0.0761. The Morgan fingerprint density at radius 3 is 2.41 bits per heavy atom. The van der Waals surface area contributed by atoms with E-state index < -0.39 is 5.82 Å². The molecule has 92 valence electrons. The lowest BCUT2D eigenvalue weighted by atomic mass is 10.1. The molecule has 1 aromatic carbocycles. The van der Waals surface area contributed by atoms with E-state index in [2.05, 4.69) is 0 Å². The number of benzene rings is 1. The van der Waals surface area contributed by atoms with E-state index in [1.807, 2.05) is 4.90 Å². The predicted octanol–water partition coefficient (Wildman–Crippen LogP) is 2.42. The molecule has 1 aromatic rings. The predicted molar refractivity (Wildman–Crippen MR) is 65.2 cm³/mol. The molecule has 0 atom stereocenters. The molecule has 2 N–H and O–H groups in total. The van der Waals surface area contributed by atoms with Crippen LogP contribution in [0.3, 0.4) is 0 Å². The van der Waals surface area contributed by atoms with Gasteiger partial charge in [0.25, 0.3) is 5.91 Å². The molecule has 1 heterocycles. The number of hydrogen-bond donors (Lipinski definition) is 1. The molecule has 17 heavy (non-hydrogen) atoms. The average molecular weight is 236 g/mol. The number of carbonyl (C=O) groups is 1. The van der Waals surface area contributed by atoms with Gasteiger partial charge in [-0.25, -0.2) is 4.39 Å². The Morgan fingerprint density at radius 1 is 1.18 bits per heavy atom. The van der Waals surface area contributed by atoms with E-state index in [9.17, 15) is 9.18 Å². The molecule has 4 heteroatoms. The molecule has 0 bridgehead atoms. The summed E-state index contributed by atoms with van der Waals surface area (Å²) in [5.74, 6) is -0.518. The summed E-state index contributed by atoms with van der Waals surface area (Å²) in [6.45, 7) is 1.58. The first-order valence-electron chi connectivity index (χ1n) is 6.03. The summed E-state index contributed by atoms with van der Waals surface area (Å²) in [5.41, 5.74) is 5.98. The van der Waals surface area contributed by atoms with Crippen molar-refractivity contribution in [2.75, 3.05) is 18.8 Å². The molecule has 1 aliphatic heterocycles. The Morgan fingerprint density at radius 2 is 1.82 bits per heavy atom. The lowest BCUT2D eigenvalue weighted by Crippen LogP contribution is -2.31. The van der Waals surface area contributed by atoms with Gasteiger partial charge in [-0.2, -0.15) is 0 Å². The van der Waals surface area contributed by atoms with Crippen LogP contribution in [0, 0.1) is 5.82 Å². The summed E-state index contributed by atoms with van der Waals surface area (Å²) in [6, 6.07) is 4.17. The third kappa shape index (κ3) is 2.75. The topological polar surface area (TPSA) is 46.3 Å². The van der Waals surface area contributed by atoms with Gasteiger partial charge in [0.2, 0.25) is 0 Å². The van der Waals surface area contributed by atoms with Crippen LogP contribution in [0.4, 0.5) is 10.1 Å². The van der Waals surface area contributed by atoms with Gasteiger partial charge in [0.05, 0.1) is 5.69 Å². The highest BCUT2D eigenvalue weighted by Crippen LogP contribution is 2.16. The minimum absolute atomic E-state index is 0.0330. The van der Waals surface area contributed by atoms with Gasteiger partial charge in [-0.1, -0.05) is 12.8 Å². The molecule has 0 aromatic heterocycles. The summed E-state index contributed by atoms with van der Waals surface area (Å²) in [4.78, 5) is 14.0. The van der Waals surface area contributed by atoms with Gasteiger partial charge in [0.1, 0.15) is 5.82 Å². The Labute approximate surface area is 100 Å². The van der Waals surface area contributed by atoms with Crippen molar-refractivity contribution >= 4 is 11.6 Å². The first-order valence-corrected chi connectivity index (χ1v) is 6.03. The molecule has 1 amide bonds. The number of anilines is 1. The van der Waals surface area contributed by atoms with E-state index in [1.54, 1.807) is 0 Å². The molecule has 0 saturated carbocycles. The lowest BCUT2D eigenvalue weighted by Gasteiger charge is -2.20. The maximum Gasteiger partial charge on any atom is 0.253 e. The highest BCUT2D eigenvalue weighted by atomic mass is 19.1. The van der Waals surface area contributed by atoms with Gasteiger partial charge < -0.3 is 10.6 Å². The number of amides is 1. The van der Waals surface area contributed by atoms with Crippen LogP contribution in [-0.4, -0.2) is 23.9 Å². The Bertz CT molecular complexity index is 412. The van der Waals surface area contributed by atoms with Crippen molar-refractivity contribution in [3.8, 4) is 0 Å². The third-order valence-corrected chi connectivity index (χ3v) is 3.14. The zero-order chi connectivity index (χ0) is 12.3. The molecule has 3 nitrogen and oxygen atoms in total. The van der Waals surface area contributed by atoms with Crippen LogP contribution < -0.4 is 5.73 Å². The van der Waals surface area contributed by atoms with E-state index in [1.165, 1.54) is 31.0 Å². The molecular formula is C13H17FN2O. The van der Waals surface area contributed by atoms with Gasteiger partial charge in [-0.05, 0) is 31.0 Å². The third-order valence-electron chi connectivity index (χ3n) is 3.14. The van der Waals surface area contributed by atoms with Crippen molar-refractivity contribution in [1.82, 2.24) is 4.90 Å². The summed E-state index contributed by atoms with van der Waals surface area (Å²) < 4.78 is 13.0. The molecule has 2 rings (SSSR count). The molecule has 1 fully saturated rings. The number of carbonyl (C=O) groups excluding carboxylic acids is 1. The van der Waals surface area contributed by atoms with E-state index in [-0.39, 0.29) is 11.6 Å². The van der Waals surface area contributed by atoms with Crippen molar-refractivity contribution in [3.05, 3.63) is 29.6 Å². The number of nitrogens with zero attached hydrogens (tertiary/aromatic N) is 1. The summed E-state index contributed by atoms with van der Waals surface area (Å²) >= 11 is 0. The van der Waals surface area contributed by atoms with E-state index in [0.29, 0.717) is 5.56 Å². The second-order valence-corrected chi connectivity index (χ2v) is 4.44. The van der Waals surface area contributed by atoms with E-state index in [0.717, 1.165) is 25.9 Å². The van der Waals surface area contributed by atoms with Crippen LogP contribution in [0.1, 0.15) is 36.0 Å². The fourth-order valence-corrected chi connectivity index (χ4v) is 2.13. The molecule has 0 spiro atoms. The largest absolute Gasteiger partial charge is 0.396 e. The minimum Gasteiger partial charge on any atom is -0.396 e. The van der Waals surface area contributed by atoms with Crippen molar-refractivity contribution in [1.29, 1.82) is 0 Å². The van der Waals surface area contributed by atoms with E-state index in [4.69, 9.17) is 5.73 Å². The zero-order valence-electron chi connectivity index (χ0n) is 9.79. The normalized spacial score (nSPS) is 16.6. The van der Waals surface area contributed by atoms with Gasteiger partial charge in [0.15, 0.2) is 0 Å². The first-order chi connectivity index (χ1) is 8.18. The van der Waals surface area contributed by atoms with Crippen molar-refractivity contribution in [3.63, 3.8) is 0 Å². The Balaban J connectivity index is 2.14. The minimum atomic E-state index is -0.475. The van der Waals surface area contributed by atoms with Crippen LogP contribution in [0.5, 0.6) is 0 Å².